The molecule has 1 aliphatic carbocycles. The Labute approximate surface area is 192 Å². The molecule has 0 spiro atoms. The predicted octanol–water partition coefficient (Wildman–Crippen LogP) is 5.88. The second-order valence-corrected chi connectivity index (χ2v) is 9.08. The van der Waals surface area contributed by atoms with Gasteiger partial charge in [0.05, 0.1) is 12.3 Å². The van der Waals surface area contributed by atoms with Gasteiger partial charge in [0.2, 0.25) is 0 Å². The first-order valence-corrected chi connectivity index (χ1v) is 12.0. The van der Waals surface area contributed by atoms with Crippen LogP contribution in [-0.4, -0.2) is 42.2 Å². The average molecular weight is 457 g/mol. The first kappa shape index (κ1) is 22.7. The lowest BCUT2D eigenvalue weighted by Crippen LogP contribution is -2.23. The third kappa shape index (κ3) is 4.94. The van der Waals surface area contributed by atoms with E-state index >= 15 is 0 Å². The van der Waals surface area contributed by atoms with Crippen LogP contribution in [0.1, 0.15) is 54.1 Å². The Morgan fingerprint density at radius 3 is 2.88 bits per heavy atom. The number of hydrogen-bond acceptors (Lipinski definition) is 5. The molecule has 2 N–H and O–H groups in total. The van der Waals surface area contributed by atoms with E-state index in [9.17, 15) is 14.3 Å². The number of carboxylic acid groups (broad SMARTS) is 1. The minimum atomic E-state index is -1.01. The van der Waals surface area contributed by atoms with E-state index in [2.05, 4.69) is 29.5 Å². The Bertz CT molecular complexity index is 1020. The van der Waals surface area contributed by atoms with Crippen LogP contribution in [0.4, 0.5) is 10.1 Å². The molecule has 0 aromatic heterocycles. The lowest BCUT2D eigenvalue weighted by molar-refractivity contribution is 0.0692. The summed E-state index contributed by atoms with van der Waals surface area (Å²) in [6, 6.07) is 8.40. The molecule has 2 aliphatic rings. The van der Waals surface area contributed by atoms with Gasteiger partial charge < -0.3 is 19.5 Å². The van der Waals surface area contributed by atoms with Gasteiger partial charge in [-0.15, -0.1) is 0 Å². The maximum atomic E-state index is 13.9. The van der Waals surface area contributed by atoms with Crippen molar-refractivity contribution in [3.05, 3.63) is 58.9 Å². The van der Waals surface area contributed by atoms with Crippen LogP contribution in [0.25, 0.3) is 6.08 Å². The highest BCUT2D eigenvalue weighted by molar-refractivity contribution is 8.00. The van der Waals surface area contributed by atoms with Crippen molar-refractivity contribution in [3.8, 4) is 5.75 Å². The van der Waals surface area contributed by atoms with E-state index in [4.69, 9.17) is 4.74 Å². The number of ether oxygens (including phenoxy) is 1. The molecule has 5 nitrogen and oxygen atoms in total. The number of fused-ring (bicyclic) bond motifs is 3. The largest absolute Gasteiger partial charge is 0.492 e. The monoisotopic (exact) mass is 456 g/mol. The van der Waals surface area contributed by atoms with Gasteiger partial charge in [0.25, 0.3) is 0 Å². The number of benzene rings is 2. The summed E-state index contributed by atoms with van der Waals surface area (Å²) in [7, 11) is 0. The molecule has 1 saturated carbocycles. The molecule has 2 aromatic rings. The second kappa shape index (κ2) is 9.96. The molecule has 0 radical (unpaired) electrons. The fourth-order valence-electron chi connectivity index (χ4n) is 4.21. The molecular weight excluding hydrogens is 427 g/mol. The molecule has 2 atom stereocenters. The molecular formula is C25H29FN2O3S. The summed E-state index contributed by atoms with van der Waals surface area (Å²) in [5.74, 6) is 0.110. The van der Waals surface area contributed by atoms with Crippen LogP contribution in [0.15, 0.2) is 41.3 Å². The quantitative estimate of drug-likeness (QED) is 0.435. The van der Waals surface area contributed by atoms with E-state index < -0.39 is 5.97 Å². The summed E-state index contributed by atoms with van der Waals surface area (Å²) in [6.45, 7) is 7.83. The minimum Gasteiger partial charge on any atom is -0.492 e. The van der Waals surface area contributed by atoms with E-state index in [-0.39, 0.29) is 11.4 Å². The molecule has 4 rings (SSSR count). The highest BCUT2D eigenvalue weighted by Gasteiger charge is 2.45. The fraction of sp³-hybridized carbons (Fsp3) is 0.400. The minimum absolute atomic E-state index is 0.166. The highest BCUT2D eigenvalue weighted by atomic mass is 32.2. The van der Waals surface area contributed by atoms with Crippen molar-refractivity contribution in [2.75, 3.05) is 31.0 Å². The van der Waals surface area contributed by atoms with Crippen molar-refractivity contribution >= 4 is 29.7 Å². The third-order valence-electron chi connectivity index (χ3n) is 6.21. The number of carbonyl (C=O) groups is 1. The first-order valence-electron chi connectivity index (χ1n) is 11.2. The zero-order valence-electron chi connectivity index (χ0n) is 18.4. The second-order valence-electron chi connectivity index (χ2n) is 8.23. The maximum absolute atomic E-state index is 13.9. The van der Waals surface area contributed by atoms with Crippen LogP contribution >= 0.6 is 11.9 Å². The molecule has 32 heavy (non-hydrogen) atoms. The topological polar surface area (TPSA) is 61.8 Å². The predicted molar refractivity (Wildman–Crippen MR) is 127 cm³/mol. The zero-order chi connectivity index (χ0) is 22.7. The first-order chi connectivity index (χ1) is 15.5. The van der Waals surface area contributed by atoms with Crippen molar-refractivity contribution in [3.63, 3.8) is 0 Å². The van der Waals surface area contributed by atoms with Gasteiger partial charge in [-0.1, -0.05) is 32.1 Å². The molecule has 1 fully saturated rings. The number of aromatic carboxylic acids is 1. The summed E-state index contributed by atoms with van der Waals surface area (Å²) in [5, 5.41) is 9.84. The van der Waals surface area contributed by atoms with Gasteiger partial charge in [0.1, 0.15) is 17.1 Å². The maximum Gasteiger partial charge on any atom is 0.341 e. The van der Waals surface area contributed by atoms with Crippen molar-refractivity contribution in [2.24, 2.45) is 5.92 Å². The van der Waals surface area contributed by atoms with Crippen molar-refractivity contribution < 1.29 is 19.0 Å². The molecule has 2 aromatic carbocycles. The summed E-state index contributed by atoms with van der Waals surface area (Å²) in [6.07, 6.45) is 5.92. The van der Waals surface area contributed by atoms with Crippen LogP contribution in [0.2, 0.25) is 0 Å². The summed E-state index contributed by atoms with van der Waals surface area (Å²) in [5.41, 5.74) is 2.40. The molecule has 170 valence electrons. The third-order valence-corrected chi connectivity index (χ3v) is 7.13. The van der Waals surface area contributed by atoms with Gasteiger partial charge in [0, 0.05) is 17.4 Å². The number of halogens is 1. The Balaban J connectivity index is 1.50. The molecule has 0 saturated heterocycles. The number of carboxylic acids is 1. The van der Waals surface area contributed by atoms with Crippen molar-refractivity contribution in [1.29, 1.82) is 0 Å². The van der Waals surface area contributed by atoms with Crippen LogP contribution < -0.4 is 9.46 Å². The lowest BCUT2D eigenvalue weighted by atomic mass is 10.0. The standard InChI is InChI=1S/C25H29FN2O3S/c1-3-28(4-2)12-6-5-7-16-13-18(26)8-11-22(16)32-27-21-10-9-19-20-14-17(20)15-31-24(19)23(21)25(29)30/h5,7-11,13,17,20,27H,3-4,6,12,14-15H2,1-2H3,(H,29,30)/b7-5-. The summed E-state index contributed by atoms with van der Waals surface area (Å²) >= 11 is 1.28. The molecule has 2 unspecified atom stereocenters. The van der Waals surface area contributed by atoms with Gasteiger partial charge in [-0.3, -0.25) is 0 Å². The molecule has 0 bridgehead atoms. The van der Waals surface area contributed by atoms with Gasteiger partial charge in [-0.2, -0.15) is 0 Å². The SMILES string of the molecule is CCN(CC)CC/C=C\c1cc(F)ccc1SNc1ccc2c(c1C(=O)O)OCC1CC21. The van der Waals surface area contributed by atoms with Gasteiger partial charge in [-0.05, 0) is 79.2 Å². The molecule has 1 heterocycles. The molecule has 0 amide bonds. The normalized spacial score (nSPS) is 18.9. The van der Waals surface area contributed by atoms with Gasteiger partial charge in [0.15, 0.2) is 0 Å². The fourth-order valence-corrected chi connectivity index (χ4v) is 4.98. The van der Waals surface area contributed by atoms with Gasteiger partial charge in [-0.25, -0.2) is 9.18 Å². The Morgan fingerprint density at radius 2 is 2.12 bits per heavy atom. The molecule has 7 heteroatoms. The van der Waals surface area contributed by atoms with Crippen LogP contribution in [0.3, 0.4) is 0 Å². The van der Waals surface area contributed by atoms with Crippen LogP contribution in [0.5, 0.6) is 5.75 Å². The van der Waals surface area contributed by atoms with Crippen molar-refractivity contribution in [1.82, 2.24) is 4.90 Å². The Kier molecular flexibility index (Phi) is 7.06. The van der Waals surface area contributed by atoms with E-state index in [1.807, 2.05) is 18.2 Å². The Morgan fingerprint density at radius 1 is 1.31 bits per heavy atom. The van der Waals surface area contributed by atoms with Crippen LogP contribution in [-0.2, 0) is 0 Å². The zero-order valence-corrected chi connectivity index (χ0v) is 19.3. The lowest BCUT2D eigenvalue weighted by Gasteiger charge is -2.21. The summed E-state index contributed by atoms with van der Waals surface area (Å²) < 4.78 is 22.9. The average Bonchev–Trinajstić information content (AvgIpc) is 3.58. The van der Waals surface area contributed by atoms with Crippen molar-refractivity contribution in [2.45, 2.75) is 37.5 Å². The number of anilines is 1. The smallest absolute Gasteiger partial charge is 0.341 e. The number of rotatable bonds is 10. The van der Waals surface area contributed by atoms with E-state index in [1.54, 1.807) is 6.07 Å². The van der Waals surface area contributed by atoms with E-state index in [1.165, 1.54) is 24.1 Å². The van der Waals surface area contributed by atoms with E-state index in [0.29, 0.717) is 29.9 Å². The number of nitrogens with one attached hydrogen (secondary N) is 1. The number of hydrogen-bond donors (Lipinski definition) is 2. The Hall–Kier alpha value is -2.51. The number of nitrogens with zero attached hydrogens (tertiary/aromatic N) is 1. The highest BCUT2D eigenvalue weighted by Crippen LogP contribution is 2.55. The molecule has 1 aliphatic heterocycles. The summed E-state index contributed by atoms with van der Waals surface area (Å²) in [4.78, 5) is 15.2. The van der Waals surface area contributed by atoms with Gasteiger partial charge >= 0.3 is 5.97 Å². The van der Waals surface area contributed by atoms with E-state index in [0.717, 1.165) is 48.5 Å². The van der Waals surface area contributed by atoms with Crippen LogP contribution in [0, 0.1) is 11.7 Å².